The summed E-state index contributed by atoms with van der Waals surface area (Å²) in [5.74, 6) is 0.853. The smallest absolute Gasteiger partial charge is 0.191 e. The molecule has 0 spiro atoms. The predicted molar refractivity (Wildman–Crippen MR) is 87.0 cm³/mol. The average Bonchev–Trinajstić information content (AvgIpc) is 2.50. The molecule has 0 saturated carbocycles. The Labute approximate surface area is 129 Å². The maximum atomic E-state index is 5.32. The van der Waals surface area contributed by atoms with Crippen molar-refractivity contribution in [2.75, 3.05) is 53.7 Å². The molecule has 0 amide bonds. The first kappa shape index (κ1) is 20.1. The zero-order chi connectivity index (χ0) is 15.8. The summed E-state index contributed by atoms with van der Waals surface area (Å²) in [7, 11) is 3.44. The van der Waals surface area contributed by atoms with E-state index in [-0.39, 0.29) is 6.10 Å². The molecule has 21 heavy (non-hydrogen) atoms. The first-order chi connectivity index (χ1) is 10.2. The zero-order valence-electron chi connectivity index (χ0n) is 14.1. The van der Waals surface area contributed by atoms with Crippen molar-refractivity contribution in [1.29, 1.82) is 0 Å². The molecule has 0 aliphatic rings. The first-order valence-electron chi connectivity index (χ1n) is 7.86. The highest BCUT2D eigenvalue weighted by Crippen LogP contribution is 1.93. The number of methoxy groups -OCH3 is 2. The number of ether oxygens (including phenoxy) is 3. The lowest BCUT2D eigenvalue weighted by Gasteiger charge is -2.14. The van der Waals surface area contributed by atoms with Gasteiger partial charge in [-0.1, -0.05) is 0 Å². The number of rotatable bonds is 13. The van der Waals surface area contributed by atoms with Gasteiger partial charge in [0, 0.05) is 53.7 Å². The Morgan fingerprint density at radius 2 is 1.86 bits per heavy atom. The van der Waals surface area contributed by atoms with Crippen LogP contribution in [0.3, 0.4) is 0 Å². The summed E-state index contributed by atoms with van der Waals surface area (Å²) in [6.07, 6.45) is 3.11. The van der Waals surface area contributed by atoms with E-state index >= 15 is 0 Å². The first-order valence-corrected chi connectivity index (χ1v) is 7.86. The SMILES string of the molecule is CCOCCCNC(=NCCCOC)NCCC(C)OC. The molecular weight excluding hydrogens is 270 g/mol. The van der Waals surface area contributed by atoms with E-state index in [4.69, 9.17) is 14.2 Å². The molecule has 1 atom stereocenters. The van der Waals surface area contributed by atoms with E-state index in [1.807, 2.05) is 6.92 Å². The van der Waals surface area contributed by atoms with Crippen molar-refractivity contribution < 1.29 is 14.2 Å². The minimum atomic E-state index is 0.255. The van der Waals surface area contributed by atoms with Crippen molar-refractivity contribution in [3.05, 3.63) is 0 Å². The predicted octanol–water partition coefficient (Wildman–Crippen LogP) is 1.41. The van der Waals surface area contributed by atoms with Gasteiger partial charge in [-0.25, -0.2) is 0 Å². The van der Waals surface area contributed by atoms with Crippen LogP contribution in [0, 0.1) is 0 Å². The number of nitrogens with zero attached hydrogens (tertiary/aromatic N) is 1. The molecule has 0 aromatic carbocycles. The standard InChI is InChI=1S/C15H33N3O3/c1-5-21-13-7-10-17-15(16-9-6-12-19-3)18-11-8-14(2)20-4/h14H,5-13H2,1-4H3,(H2,16,17,18). The van der Waals surface area contributed by atoms with Gasteiger partial charge in [-0.3, -0.25) is 4.99 Å². The van der Waals surface area contributed by atoms with Crippen LogP contribution in [0.4, 0.5) is 0 Å². The Bertz CT molecular complexity index is 250. The quantitative estimate of drug-likeness (QED) is 0.306. The van der Waals surface area contributed by atoms with Gasteiger partial charge in [-0.2, -0.15) is 0 Å². The Hall–Kier alpha value is -0.850. The maximum Gasteiger partial charge on any atom is 0.191 e. The van der Waals surface area contributed by atoms with Crippen LogP contribution < -0.4 is 10.6 Å². The second-order valence-electron chi connectivity index (χ2n) is 4.82. The van der Waals surface area contributed by atoms with Crippen LogP contribution in [0.25, 0.3) is 0 Å². The van der Waals surface area contributed by atoms with Gasteiger partial charge in [0.25, 0.3) is 0 Å². The van der Waals surface area contributed by atoms with E-state index in [0.717, 1.165) is 64.7 Å². The highest BCUT2D eigenvalue weighted by Gasteiger charge is 2.01. The third-order valence-corrected chi connectivity index (χ3v) is 2.98. The summed E-state index contributed by atoms with van der Waals surface area (Å²) in [6.45, 7) is 8.82. The molecule has 0 heterocycles. The minimum absolute atomic E-state index is 0.255. The molecule has 126 valence electrons. The maximum absolute atomic E-state index is 5.32. The van der Waals surface area contributed by atoms with E-state index in [1.54, 1.807) is 14.2 Å². The van der Waals surface area contributed by atoms with Crippen LogP contribution in [-0.2, 0) is 14.2 Å². The number of nitrogens with one attached hydrogen (secondary N) is 2. The largest absolute Gasteiger partial charge is 0.385 e. The van der Waals surface area contributed by atoms with E-state index in [1.165, 1.54) is 0 Å². The van der Waals surface area contributed by atoms with Gasteiger partial charge in [0.15, 0.2) is 5.96 Å². The molecule has 0 aromatic rings. The molecular formula is C15H33N3O3. The molecule has 1 unspecified atom stereocenters. The highest BCUT2D eigenvalue weighted by atomic mass is 16.5. The molecule has 0 radical (unpaired) electrons. The fraction of sp³-hybridized carbons (Fsp3) is 0.933. The van der Waals surface area contributed by atoms with E-state index in [9.17, 15) is 0 Å². The molecule has 0 aliphatic heterocycles. The minimum Gasteiger partial charge on any atom is -0.385 e. The number of aliphatic imine (C=N–C) groups is 1. The van der Waals surface area contributed by atoms with E-state index in [0.29, 0.717) is 0 Å². The lowest BCUT2D eigenvalue weighted by molar-refractivity contribution is 0.112. The van der Waals surface area contributed by atoms with Crippen molar-refractivity contribution in [2.45, 2.75) is 39.2 Å². The van der Waals surface area contributed by atoms with Crippen LogP contribution in [0.1, 0.15) is 33.1 Å². The average molecular weight is 303 g/mol. The second kappa shape index (κ2) is 15.5. The topological polar surface area (TPSA) is 64.1 Å². The molecule has 0 aliphatic carbocycles. The van der Waals surface area contributed by atoms with Gasteiger partial charge in [-0.15, -0.1) is 0 Å². The third-order valence-electron chi connectivity index (χ3n) is 2.98. The molecule has 0 bridgehead atoms. The second-order valence-corrected chi connectivity index (χ2v) is 4.82. The van der Waals surface area contributed by atoms with Crippen LogP contribution in [0.2, 0.25) is 0 Å². The molecule has 0 aromatic heterocycles. The van der Waals surface area contributed by atoms with Crippen molar-refractivity contribution in [3.8, 4) is 0 Å². The Morgan fingerprint density at radius 3 is 2.52 bits per heavy atom. The Morgan fingerprint density at radius 1 is 1.10 bits per heavy atom. The fourth-order valence-corrected chi connectivity index (χ4v) is 1.61. The summed E-state index contributed by atoms with van der Waals surface area (Å²) >= 11 is 0. The van der Waals surface area contributed by atoms with Crippen LogP contribution in [0.15, 0.2) is 4.99 Å². The van der Waals surface area contributed by atoms with E-state index in [2.05, 4.69) is 22.5 Å². The number of hydrogen-bond acceptors (Lipinski definition) is 4. The van der Waals surface area contributed by atoms with Gasteiger partial charge >= 0.3 is 0 Å². The third kappa shape index (κ3) is 13.9. The van der Waals surface area contributed by atoms with Crippen molar-refractivity contribution in [3.63, 3.8) is 0 Å². The number of hydrogen-bond donors (Lipinski definition) is 2. The Balaban J connectivity index is 3.96. The monoisotopic (exact) mass is 303 g/mol. The fourth-order valence-electron chi connectivity index (χ4n) is 1.61. The molecule has 0 saturated heterocycles. The van der Waals surface area contributed by atoms with Crippen LogP contribution >= 0.6 is 0 Å². The van der Waals surface area contributed by atoms with Crippen molar-refractivity contribution >= 4 is 5.96 Å². The lowest BCUT2D eigenvalue weighted by atomic mass is 10.3. The molecule has 0 fully saturated rings. The zero-order valence-corrected chi connectivity index (χ0v) is 14.1. The van der Waals surface area contributed by atoms with E-state index < -0.39 is 0 Å². The van der Waals surface area contributed by atoms with Gasteiger partial charge in [0.2, 0.25) is 0 Å². The summed E-state index contributed by atoms with van der Waals surface area (Å²) in [5, 5.41) is 6.65. The highest BCUT2D eigenvalue weighted by molar-refractivity contribution is 5.79. The molecule has 0 rings (SSSR count). The summed E-state index contributed by atoms with van der Waals surface area (Å²) in [4.78, 5) is 4.53. The summed E-state index contributed by atoms with van der Waals surface area (Å²) < 4.78 is 15.6. The van der Waals surface area contributed by atoms with Crippen LogP contribution in [0.5, 0.6) is 0 Å². The summed E-state index contributed by atoms with van der Waals surface area (Å²) in [5.41, 5.74) is 0. The Kier molecular flexibility index (Phi) is 14.9. The molecule has 6 nitrogen and oxygen atoms in total. The lowest BCUT2D eigenvalue weighted by Crippen LogP contribution is -2.39. The molecule has 2 N–H and O–H groups in total. The van der Waals surface area contributed by atoms with Gasteiger partial charge in [-0.05, 0) is 33.1 Å². The normalized spacial score (nSPS) is 13.2. The van der Waals surface area contributed by atoms with Crippen LogP contribution in [-0.4, -0.2) is 65.7 Å². The molecule has 6 heteroatoms. The van der Waals surface area contributed by atoms with Crippen molar-refractivity contribution in [2.24, 2.45) is 4.99 Å². The van der Waals surface area contributed by atoms with Gasteiger partial charge < -0.3 is 24.8 Å². The number of guanidine groups is 1. The van der Waals surface area contributed by atoms with Gasteiger partial charge in [0.1, 0.15) is 0 Å². The summed E-state index contributed by atoms with van der Waals surface area (Å²) in [6, 6.07) is 0. The van der Waals surface area contributed by atoms with Crippen molar-refractivity contribution in [1.82, 2.24) is 10.6 Å². The van der Waals surface area contributed by atoms with Gasteiger partial charge in [0.05, 0.1) is 6.10 Å².